The molecule has 1 amide bonds. The van der Waals surface area contributed by atoms with Crippen molar-refractivity contribution in [3.63, 3.8) is 0 Å². The minimum atomic E-state index is -0.134. The van der Waals surface area contributed by atoms with E-state index < -0.39 is 0 Å². The quantitative estimate of drug-likeness (QED) is 0.793. The van der Waals surface area contributed by atoms with Crippen molar-refractivity contribution < 1.29 is 4.79 Å². The summed E-state index contributed by atoms with van der Waals surface area (Å²) in [5.74, 6) is 1.83. The maximum absolute atomic E-state index is 12.3. The zero-order valence-corrected chi connectivity index (χ0v) is 15.6. The van der Waals surface area contributed by atoms with Gasteiger partial charge in [0.1, 0.15) is 4.38 Å². The van der Waals surface area contributed by atoms with E-state index in [9.17, 15) is 4.79 Å². The Hall–Kier alpha value is -1.43. The summed E-state index contributed by atoms with van der Waals surface area (Å²) in [7, 11) is 0. The minimum Gasteiger partial charge on any atom is -0.322 e. The van der Waals surface area contributed by atoms with E-state index in [1.807, 2.05) is 55.1 Å². The van der Waals surface area contributed by atoms with E-state index in [-0.39, 0.29) is 5.91 Å². The maximum Gasteiger partial charge on any atom is 0.255 e. The monoisotopic (exact) mass is 376 g/mol. The number of carbonyl (C=O) groups is 1. The number of nitrogens with one attached hydrogen (secondary N) is 1. The van der Waals surface area contributed by atoms with Gasteiger partial charge in [-0.15, -0.1) is 0 Å². The Morgan fingerprint density at radius 2 is 2.08 bits per heavy atom. The first-order valence-corrected chi connectivity index (χ1v) is 9.93. The summed E-state index contributed by atoms with van der Waals surface area (Å²) in [6.45, 7) is 2.86. The van der Waals surface area contributed by atoms with Gasteiger partial charge in [0, 0.05) is 27.8 Å². The average molecular weight is 377 g/mol. The van der Waals surface area contributed by atoms with Crippen molar-refractivity contribution in [2.75, 3.05) is 17.6 Å². The summed E-state index contributed by atoms with van der Waals surface area (Å²) >= 11 is 9.65. The fourth-order valence-corrected chi connectivity index (χ4v) is 4.32. The van der Waals surface area contributed by atoms with Gasteiger partial charge in [0.25, 0.3) is 5.91 Å². The van der Waals surface area contributed by atoms with Gasteiger partial charge in [0.2, 0.25) is 0 Å². The highest BCUT2D eigenvalue weighted by Crippen LogP contribution is 2.25. The van der Waals surface area contributed by atoms with Crippen molar-refractivity contribution in [3.8, 4) is 0 Å². The van der Waals surface area contributed by atoms with Gasteiger partial charge in [-0.05, 0) is 42.3 Å². The third kappa shape index (κ3) is 4.56. The van der Waals surface area contributed by atoms with E-state index in [4.69, 9.17) is 11.6 Å². The lowest BCUT2D eigenvalue weighted by molar-refractivity contribution is 0.102. The van der Waals surface area contributed by atoms with Gasteiger partial charge in [-0.2, -0.15) is 0 Å². The third-order valence-corrected chi connectivity index (χ3v) is 6.30. The molecule has 1 heterocycles. The average Bonchev–Trinajstić information content (AvgIpc) is 3.10. The van der Waals surface area contributed by atoms with Crippen LogP contribution in [-0.4, -0.2) is 22.6 Å². The van der Waals surface area contributed by atoms with Crippen LogP contribution in [0.1, 0.15) is 21.5 Å². The molecule has 0 fully saturated rings. The third-order valence-electron chi connectivity index (χ3n) is 3.57. The van der Waals surface area contributed by atoms with Gasteiger partial charge >= 0.3 is 0 Å². The minimum absolute atomic E-state index is 0.134. The Morgan fingerprint density at radius 3 is 2.75 bits per heavy atom. The molecule has 2 aromatic carbocycles. The van der Waals surface area contributed by atoms with Crippen LogP contribution in [0.5, 0.6) is 0 Å². The van der Waals surface area contributed by atoms with Gasteiger partial charge in [-0.25, -0.2) is 0 Å². The molecule has 6 heteroatoms. The van der Waals surface area contributed by atoms with Crippen molar-refractivity contribution >= 4 is 51.1 Å². The van der Waals surface area contributed by atoms with E-state index in [1.165, 1.54) is 5.56 Å². The second-order valence-corrected chi connectivity index (χ2v) is 8.11. The molecule has 3 nitrogen and oxygen atoms in total. The second-order valence-electron chi connectivity index (χ2n) is 5.40. The summed E-state index contributed by atoms with van der Waals surface area (Å²) in [6, 6.07) is 13.2. The van der Waals surface area contributed by atoms with E-state index in [2.05, 4.69) is 10.3 Å². The number of nitrogens with zero attached hydrogens (tertiary/aromatic N) is 1. The Labute approximate surface area is 155 Å². The molecular weight excluding hydrogens is 360 g/mol. The predicted molar refractivity (Wildman–Crippen MR) is 107 cm³/mol. The molecule has 0 saturated carbocycles. The lowest BCUT2D eigenvalue weighted by atomic mass is 10.1. The highest BCUT2D eigenvalue weighted by atomic mass is 35.5. The molecule has 0 saturated heterocycles. The zero-order chi connectivity index (χ0) is 16.9. The van der Waals surface area contributed by atoms with E-state index in [0.717, 1.165) is 28.0 Å². The predicted octanol–water partition coefficient (Wildman–Crippen LogP) is 5.24. The number of thioether (sulfide) groups is 2. The van der Waals surface area contributed by atoms with Crippen LogP contribution in [0.3, 0.4) is 0 Å². The fraction of sp³-hybridized carbons (Fsp3) is 0.222. The topological polar surface area (TPSA) is 41.5 Å². The normalized spacial score (nSPS) is 13.7. The molecule has 1 aliphatic heterocycles. The summed E-state index contributed by atoms with van der Waals surface area (Å²) < 4.78 is 1.16. The van der Waals surface area contributed by atoms with E-state index >= 15 is 0 Å². The van der Waals surface area contributed by atoms with E-state index in [1.54, 1.807) is 17.8 Å². The second kappa shape index (κ2) is 8.10. The lowest BCUT2D eigenvalue weighted by Crippen LogP contribution is -2.11. The smallest absolute Gasteiger partial charge is 0.255 e. The number of benzene rings is 2. The highest BCUT2D eigenvalue weighted by Gasteiger charge is 2.09. The number of rotatable bonds is 4. The van der Waals surface area contributed by atoms with Crippen LogP contribution in [-0.2, 0) is 5.75 Å². The Bertz CT molecular complexity index is 775. The number of aliphatic imine (C=N–C) groups is 1. The molecule has 1 aliphatic rings. The first-order chi connectivity index (χ1) is 11.6. The van der Waals surface area contributed by atoms with Crippen LogP contribution in [0.15, 0.2) is 47.5 Å². The molecule has 2 aromatic rings. The van der Waals surface area contributed by atoms with Gasteiger partial charge in [-0.1, -0.05) is 53.3 Å². The first-order valence-electron chi connectivity index (χ1n) is 7.58. The number of carbonyl (C=O) groups excluding carboxylic acids is 1. The van der Waals surface area contributed by atoms with Crippen molar-refractivity contribution in [1.29, 1.82) is 0 Å². The van der Waals surface area contributed by atoms with Crippen LogP contribution in [0.2, 0.25) is 5.02 Å². The lowest BCUT2D eigenvalue weighted by Gasteiger charge is -2.08. The van der Waals surface area contributed by atoms with Crippen molar-refractivity contribution in [3.05, 3.63) is 64.2 Å². The molecule has 3 rings (SSSR count). The van der Waals surface area contributed by atoms with Crippen LogP contribution in [0.25, 0.3) is 0 Å². The van der Waals surface area contributed by atoms with Crippen LogP contribution in [0, 0.1) is 6.92 Å². The van der Waals surface area contributed by atoms with E-state index in [0.29, 0.717) is 16.3 Å². The van der Waals surface area contributed by atoms with Crippen molar-refractivity contribution in [2.45, 2.75) is 12.7 Å². The number of hydrogen-bond acceptors (Lipinski definition) is 4. The number of amides is 1. The highest BCUT2D eigenvalue weighted by molar-refractivity contribution is 8.38. The maximum atomic E-state index is 12.3. The molecule has 0 aromatic heterocycles. The van der Waals surface area contributed by atoms with Gasteiger partial charge in [0.05, 0.1) is 6.54 Å². The Kier molecular flexibility index (Phi) is 5.87. The summed E-state index contributed by atoms with van der Waals surface area (Å²) in [5.41, 5.74) is 3.51. The molecule has 0 bridgehead atoms. The molecule has 24 heavy (non-hydrogen) atoms. The van der Waals surface area contributed by atoms with Crippen LogP contribution < -0.4 is 5.32 Å². The number of halogens is 1. The van der Waals surface area contributed by atoms with Gasteiger partial charge in [-0.3, -0.25) is 9.79 Å². The fourth-order valence-electron chi connectivity index (χ4n) is 2.17. The Balaban J connectivity index is 1.59. The number of anilines is 1. The standard InChI is InChI=1S/C18H17ClN2OS2/c1-12-2-7-15(10-16(12)19)21-17(22)14-5-3-13(4-6-14)11-24-18-20-8-9-23-18/h2-7,10H,8-9,11H2,1H3,(H,21,22). The first kappa shape index (κ1) is 17.4. The van der Waals surface area contributed by atoms with Crippen LogP contribution in [0.4, 0.5) is 5.69 Å². The summed E-state index contributed by atoms with van der Waals surface area (Å²) in [4.78, 5) is 16.7. The van der Waals surface area contributed by atoms with Gasteiger partial charge in [0.15, 0.2) is 0 Å². The van der Waals surface area contributed by atoms with Crippen molar-refractivity contribution in [2.24, 2.45) is 4.99 Å². The number of aryl methyl sites for hydroxylation is 1. The molecule has 124 valence electrons. The molecule has 0 aliphatic carbocycles. The molecule has 0 radical (unpaired) electrons. The molecule has 0 spiro atoms. The van der Waals surface area contributed by atoms with Crippen LogP contribution >= 0.6 is 35.1 Å². The largest absolute Gasteiger partial charge is 0.322 e. The summed E-state index contributed by atoms with van der Waals surface area (Å²) in [5, 5.41) is 3.52. The molecule has 0 unspecified atom stereocenters. The molecular formula is C18H17ClN2OS2. The molecule has 1 N–H and O–H groups in total. The SMILES string of the molecule is Cc1ccc(NC(=O)c2ccc(CSC3=NCCS3)cc2)cc1Cl. The zero-order valence-electron chi connectivity index (χ0n) is 13.2. The van der Waals surface area contributed by atoms with Gasteiger partial charge < -0.3 is 5.32 Å². The van der Waals surface area contributed by atoms with Crippen molar-refractivity contribution in [1.82, 2.24) is 0 Å². The Morgan fingerprint density at radius 1 is 1.29 bits per heavy atom. The number of hydrogen-bond donors (Lipinski definition) is 1. The molecule has 0 atom stereocenters. The summed E-state index contributed by atoms with van der Waals surface area (Å²) in [6.07, 6.45) is 0.